The molecule has 1 aromatic rings. The van der Waals surface area contributed by atoms with Crippen LogP contribution in [-0.4, -0.2) is 22.4 Å². The van der Waals surface area contributed by atoms with E-state index in [4.69, 9.17) is 5.73 Å². The molecule has 2 rings (SSSR count). The predicted octanol–water partition coefficient (Wildman–Crippen LogP) is 2.16. The summed E-state index contributed by atoms with van der Waals surface area (Å²) < 4.78 is 0. The van der Waals surface area contributed by atoms with E-state index < -0.39 is 5.54 Å². The molecule has 0 bridgehead atoms. The van der Waals surface area contributed by atoms with Crippen molar-refractivity contribution in [1.82, 2.24) is 0 Å². The molecule has 1 saturated heterocycles. The lowest BCUT2D eigenvalue weighted by atomic mass is 9.95. The average Bonchev–Trinajstić information content (AvgIpc) is 2.61. The summed E-state index contributed by atoms with van der Waals surface area (Å²) in [5, 5.41) is 3.80. The first-order chi connectivity index (χ1) is 8.02. The minimum absolute atomic E-state index is 0.254. The van der Waals surface area contributed by atoms with E-state index in [1.807, 2.05) is 31.2 Å². The molecule has 0 spiro atoms. The van der Waals surface area contributed by atoms with Crippen LogP contribution in [0.2, 0.25) is 0 Å². The number of nitrogens with two attached hydrogens (primary N) is 1. The van der Waals surface area contributed by atoms with E-state index >= 15 is 0 Å². The number of benzene rings is 1. The van der Waals surface area contributed by atoms with Crippen LogP contribution < -0.4 is 11.1 Å². The molecular formula is C13H18N2OS. The molecule has 92 valence electrons. The van der Waals surface area contributed by atoms with E-state index in [1.54, 1.807) is 11.8 Å². The maximum atomic E-state index is 11.7. The van der Waals surface area contributed by atoms with Crippen LogP contribution in [0.15, 0.2) is 24.3 Å². The third kappa shape index (κ3) is 2.57. The second-order valence-corrected chi connectivity index (χ2v) is 6.19. The van der Waals surface area contributed by atoms with Gasteiger partial charge in [-0.25, -0.2) is 0 Å². The summed E-state index contributed by atoms with van der Waals surface area (Å²) in [6.07, 6.45) is 0.793. The summed E-state index contributed by atoms with van der Waals surface area (Å²) in [4.78, 5) is 11.7. The summed E-state index contributed by atoms with van der Waals surface area (Å²) in [5.74, 6) is 0.494. The summed E-state index contributed by atoms with van der Waals surface area (Å²) in [5.41, 5.74) is 7.13. The van der Waals surface area contributed by atoms with Gasteiger partial charge < -0.3 is 11.1 Å². The fourth-order valence-corrected chi connectivity index (χ4v) is 3.52. The second-order valence-electron chi connectivity index (χ2n) is 4.77. The lowest BCUT2D eigenvalue weighted by Gasteiger charge is -2.27. The average molecular weight is 250 g/mol. The Balaban J connectivity index is 2.22. The van der Waals surface area contributed by atoms with Crippen molar-refractivity contribution in [2.45, 2.75) is 31.1 Å². The fourth-order valence-electron chi connectivity index (χ4n) is 2.21. The van der Waals surface area contributed by atoms with Gasteiger partial charge in [0, 0.05) is 16.7 Å². The number of aryl methyl sites for hydroxylation is 1. The fraction of sp³-hybridized carbons (Fsp3) is 0.462. The highest BCUT2D eigenvalue weighted by Gasteiger charge is 2.43. The van der Waals surface area contributed by atoms with Gasteiger partial charge in [0.2, 0.25) is 5.91 Å². The Bertz CT molecular complexity index is 435. The number of rotatable bonds is 3. The van der Waals surface area contributed by atoms with Crippen molar-refractivity contribution in [3.8, 4) is 0 Å². The lowest BCUT2D eigenvalue weighted by molar-refractivity contribution is -0.121. The van der Waals surface area contributed by atoms with Gasteiger partial charge in [-0.15, -0.1) is 0 Å². The van der Waals surface area contributed by atoms with Gasteiger partial charge in [0.05, 0.1) is 0 Å². The minimum Gasteiger partial charge on any atom is -0.371 e. The Morgan fingerprint density at radius 1 is 1.59 bits per heavy atom. The summed E-state index contributed by atoms with van der Waals surface area (Å²) in [6.45, 7) is 4.17. The maximum absolute atomic E-state index is 11.7. The molecule has 1 aromatic carbocycles. The van der Waals surface area contributed by atoms with E-state index in [0.717, 1.165) is 17.9 Å². The quantitative estimate of drug-likeness (QED) is 0.864. The summed E-state index contributed by atoms with van der Waals surface area (Å²) in [7, 11) is 0. The number of hydrogen-bond acceptors (Lipinski definition) is 3. The highest BCUT2D eigenvalue weighted by molar-refractivity contribution is 8.00. The normalized spacial score (nSPS) is 28.0. The maximum Gasteiger partial charge on any atom is 0.244 e. The molecule has 1 amide bonds. The SMILES string of the molecule is Cc1cccc(NC2(C(N)=O)CSC(C)C2)c1. The molecule has 4 heteroatoms. The van der Waals surface area contributed by atoms with Crippen molar-refractivity contribution >= 4 is 23.4 Å². The van der Waals surface area contributed by atoms with E-state index in [1.165, 1.54) is 5.56 Å². The zero-order valence-electron chi connectivity index (χ0n) is 10.2. The Morgan fingerprint density at radius 3 is 2.88 bits per heavy atom. The number of nitrogens with one attached hydrogen (secondary N) is 1. The van der Waals surface area contributed by atoms with Crippen LogP contribution in [-0.2, 0) is 4.79 Å². The monoisotopic (exact) mass is 250 g/mol. The third-order valence-corrected chi connectivity index (χ3v) is 4.52. The second kappa shape index (κ2) is 4.61. The molecular weight excluding hydrogens is 232 g/mol. The van der Waals surface area contributed by atoms with Crippen LogP contribution in [0.3, 0.4) is 0 Å². The Hall–Kier alpha value is -1.16. The topological polar surface area (TPSA) is 55.1 Å². The number of carbonyl (C=O) groups is 1. The van der Waals surface area contributed by atoms with Gasteiger partial charge in [-0.2, -0.15) is 11.8 Å². The van der Waals surface area contributed by atoms with Gasteiger partial charge in [-0.3, -0.25) is 4.79 Å². The Kier molecular flexibility index (Phi) is 3.33. The first-order valence-corrected chi connectivity index (χ1v) is 6.83. The van der Waals surface area contributed by atoms with Crippen LogP contribution in [0.5, 0.6) is 0 Å². The number of anilines is 1. The molecule has 1 aliphatic heterocycles. The van der Waals surface area contributed by atoms with Crippen LogP contribution in [0.4, 0.5) is 5.69 Å². The molecule has 0 aliphatic carbocycles. The van der Waals surface area contributed by atoms with E-state index in [9.17, 15) is 4.79 Å². The predicted molar refractivity (Wildman–Crippen MR) is 73.3 cm³/mol. The molecule has 1 heterocycles. The molecule has 0 radical (unpaired) electrons. The van der Waals surface area contributed by atoms with Gasteiger partial charge in [-0.05, 0) is 31.0 Å². The van der Waals surface area contributed by atoms with Crippen LogP contribution in [0.1, 0.15) is 18.9 Å². The van der Waals surface area contributed by atoms with Gasteiger partial charge in [0.25, 0.3) is 0 Å². The standard InChI is InChI=1S/C13H18N2OS/c1-9-4-3-5-11(6-9)15-13(12(14)16)7-10(2)17-8-13/h3-6,10,15H,7-8H2,1-2H3,(H2,14,16). The number of carbonyl (C=O) groups excluding carboxylic acids is 1. The van der Waals surface area contributed by atoms with Crippen LogP contribution in [0, 0.1) is 6.92 Å². The van der Waals surface area contributed by atoms with Crippen molar-refractivity contribution in [3.63, 3.8) is 0 Å². The van der Waals surface area contributed by atoms with Crippen LogP contribution in [0.25, 0.3) is 0 Å². The van der Waals surface area contributed by atoms with Gasteiger partial charge in [-0.1, -0.05) is 19.1 Å². The number of thioether (sulfide) groups is 1. The number of primary amides is 1. The molecule has 17 heavy (non-hydrogen) atoms. The van der Waals surface area contributed by atoms with Gasteiger partial charge in [0.15, 0.2) is 0 Å². The van der Waals surface area contributed by atoms with Crippen molar-refractivity contribution < 1.29 is 4.79 Å². The van der Waals surface area contributed by atoms with Crippen LogP contribution >= 0.6 is 11.8 Å². The zero-order chi connectivity index (χ0) is 12.5. The van der Waals surface area contributed by atoms with E-state index in [0.29, 0.717) is 5.25 Å². The molecule has 1 fully saturated rings. The van der Waals surface area contributed by atoms with Crippen molar-refractivity contribution in [2.24, 2.45) is 5.73 Å². The first-order valence-electron chi connectivity index (χ1n) is 5.78. The number of amides is 1. The Morgan fingerprint density at radius 2 is 2.35 bits per heavy atom. The van der Waals surface area contributed by atoms with Gasteiger partial charge in [0.1, 0.15) is 5.54 Å². The van der Waals surface area contributed by atoms with E-state index in [-0.39, 0.29) is 5.91 Å². The Labute approximate surface area is 106 Å². The summed E-state index contributed by atoms with van der Waals surface area (Å²) in [6, 6.07) is 8.04. The molecule has 3 N–H and O–H groups in total. The lowest BCUT2D eigenvalue weighted by Crippen LogP contribution is -2.51. The molecule has 0 aromatic heterocycles. The molecule has 1 aliphatic rings. The minimum atomic E-state index is -0.585. The number of hydrogen-bond donors (Lipinski definition) is 2. The van der Waals surface area contributed by atoms with Crippen molar-refractivity contribution in [3.05, 3.63) is 29.8 Å². The molecule has 0 saturated carbocycles. The largest absolute Gasteiger partial charge is 0.371 e. The zero-order valence-corrected chi connectivity index (χ0v) is 11.0. The molecule has 3 nitrogen and oxygen atoms in total. The highest BCUT2D eigenvalue weighted by Crippen LogP contribution is 2.36. The highest BCUT2D eigenvalue weighted by atomic mass is 32.2. The van der Waals surface area contributed by atoms with Crippen molar-refractivity contribution in [1.29, 1.82) is 0 Å². The molecule has 2 atom stereocenters. The van der Waals surface area contributed by atoms with Gasteiger partial charge >= 0.3 is 0 Å². The third-order valence-electron chi connectivity index (χ3n) is 3.12. The van der Waals surface area contributed by atoms with E-state index in [2.05, 4.69) is 12.2 Å². The molecule has 2 unspecified atom stereocenters. The summed E-state index contributed by atoms with van der Waals surface area (Å²) >= 11 is 1.79. The van der Waals surface area contributed by atoms with Crippen molar-refractivity contribution in [2.75, 3.05) is 11.1 Å². The first kappa shape index (κ1) is 12.3. The smallest absolute Gasteiger partial charge is 0.244 e.